The molecule has 1 aromatic heterocycles. The van der Waals surface area contributed by atoms with E-state index < -0.39 is 0 Å². The third-order valence-electron chi connectivity index (χ3n) is 3.66. The van der Waals surface area contributed by atoms with E-state index >= 15 is 0 Å². The van der Waals surface area contributed by atoms with Crippen molar-refractivity contribution < 1.29 is 9.52 Å². The number of carbonyl (C=O) groups is 1. The van der Waals surface area contributed by atoms with Crippen molar-refractivity contribution in [3.8, 4) is 0 Å². The summed E-state index contributed by atoms with van der Waals surface area (Å²) in [6.07, 6.45) is 2.62. The van der Waals surface area contributed by atoms with E-state index in [1.807, 2.05) is 37.3 Å². The van der Waals surface area contributed by atoms with E-state index in [1.54, 1.807) is 12.1 Å². The lowest BCUT2D eigenvalue weighted by molar-refractivity contribution is -0.605. The Hall–Kier alpha value is -2.88. The summed E-state index contributed by atoms with van der Waals surface area (Å²) in [7, 11) is 0. The van der Waals surface area contributed by atoms with Gasteiger partial charge in [0.1, 0.15) is 5.56 Å². The molecule has 1 atom stereocenters. The minimum atomic E-state index is -0.258. The van der Waals surface area contributed by atoms with Crippen LogP contribution in [0.4, 0.5) is 0 Å². The summed E-state index contributed by atoms with van der Waals surface area (Å²) in [5.74, 6) is -0.258. The summed E-state index contributed by atoms with van der Waals surface area (Å²) in [5.41, 5.74) is 1.38. The van der Waals surface area contributed by atoms with Gasteiger partial charge in [0.05, 0.1) is 6.04 Å². The monoisotopic (exact) mass is 292 g/mol. The molecule has 110 valence electrons. The second kappa shape index (κ2) is 5.85. The zero-order chi connectivity index (χ0) is 15.5. The predicted molar refractivity (Wildman–Crippen MR) is 85.2 cm³/mol. The number of rotatable bonds is 3. The maximum atomic E-state index is 12.2. The average Bonchev–Trinajstić information content (AvgIpc) is 2.54. The van der Waals surface area contributed by atoms with Crippen LogP contribution < -0.4 is 10.0 Å². The van der Waals surface area contributed by atoms with E-state index in [0.717, 1.165) is 10.9 Å². The van der Waals surface area contributed by atoms with Crippen molar-refractivity contribution in [1.29, 1.82) is 0 Å². The maximum Gasteiger partial charge on any atom is 0.257 e. The van der Waals surface area contributed by atoms with Crippen molar-refractivity contribution in [1.82, 2.24) is 5.32 Å². The van der Waals surface area contributed by atoms with Gasteiger partial charge in [0.15, 0.2) is 12.4 Å². The van der Waals surface area contributed by atoms with E-state index in [2.05, 4.69) is 17.4 Å². The van der Waals surface area contributed by atoms with E-state index in [-0.39, 0.29) is 11.9 Å². The Labute approximate surface area is 128 Å². The predicted octanol–water partition coefficient (Wildman–Crippen LogP) is 2.96. The molecule has 0 aliphatic heterocycles. The van der Waals surface area contributed by atoms with Crippen LogP contribution >= 0.6 is 0 Å². The number of nitrogens with one attached hydrogen (secondary N) is 1. The Morgan fingerprint density at radius 1 is 1.09 bits per heavy atom. The fourth-order valence-corrected chi connectivity index (χ4v) is 2.43. The molecule has 0 aliphatic rings. The lowest BCUT2D eigenvalue weighted by Crippen LogP contribution is -2.31. The van der Waals surface area contributed by atoms with Gasteiger partial charge < -0.3 is 10.5 Å². The average molecular weight is 292 g/mol. The summed E-state index contributed by atoms with van der Waals surface area (Å²) < 4.78 is 0.621. The number of amides is 1. The second-order valence-electron chi connectivity index (χ2n) is 5.25. The molecule has 22 heavy (non-hydrogen) atoms. The zero-order valence-electron chi connectivity index (χ0n) is 12.2. The van der Waals surface area contributed by atoms with Crippen molar-refractivity contribution in [3.05, 3.63) is 83.3 Å². The van der Waals surface area contributed by atoms with E-state index in [1.165, 1.54) is 17.8 Å². The van der Waals surface area contributed by atoms with Gasteiger partial charge in [-0.1, -0.05) is 36.4 Å². The molecule has 4 nitrogen and oxygen atoms in total. The molecular weight excluding hydrogens is 276 g/mol. The summed E-state index contributed by atoms with van der Waals surface area (Å²) >= 11 is 0. The third-order valence-corrected chi connectivity index (χ3v) is 3.66. The van der Waals surface area contributed by atoms with Crippen molar-refractivity contribution in [2.45, 2.75) is 13.0 Å². The van der Waals surface area contributed by atoms with Gasteiger partial charge in [-0.3, -0.25) is 4.79 Å². The Kier molecular flexibility index (Phi) is 3.74. The van der Waals surface area contributed by atoms with Gasteiger partial charge in [0.2, 0.25) is 0 Å². The Balaban J connectivity index is 1.80. The van der Waals surface area contributed by atoms with Gasteiger partial charge >= 0.3 is 0 Å². The Morgan fingerprint density at radius 2 is 1.86 bits per heavy atom. The Bertz CT molecular complexity index is 830. The lowest BCUT2D eigenvalue weighted by Gasteiger charge is -2.15. The number of nitrogens with zero attached hydrogens (tertiary/aromatic N) is 1. The van der Waals surface area contributed by atoms with Crippen molar-refractivity contribution in [2.75, 3.05) is 0 Å². The van der Waals surface area contributed by atoms with E-state index in [9.17, 15) is 10.0 Å². The first-order valence-electron chi connectivity index (χ1n) is 7.12. The fraction of sp³-hybridized carbons (Fsp3) is 0.111. The fourth-order valence-electron chi connectivity index (χ4n) is 2.43. The van der Waals surface area contributed by atoms with Crippen LogP contribution in [-0.2, 0) is 0 Å². The standard InChI is InChI=1S/C18H16N2O2/c1-13(19-18(21)17-7-4-10-20(22)12-17)15-9-8-14-5-2-3-6-16(14)11-15/h2-13H,1H3,(H,19,21)/t13-/m1/s1. The number of fused-ring (bicyclic) bond motifs is 1. The lowest BCUT2D eigenvalue weighted by atomic mass is 10.0. The molecule has 0 spiro atoms. The molecule has 1 N–H and O–H groups in total. The number of pyridine rings is 1. The highest BCUT2D eigenvalue weighted by molar-refractivity contribution is 5.94. The molecule has 4 heteroatoms. The first kappa shape index (κ1) is 14.1. The summed E-state index contributed by atoms with van der Waals surface area (Å²) in [4.78, 5) is 12.2. The van der Waals surface area contributed by atoms with Crippen molar-refractivity contribution in [2.24, 2.45) is 0 Å². The molecule has 2 aromatic carbocycles. The largest absolute Gasteiger partial charge is 0.619 e. The maximum absolute atomic E-state index is 12.2. The zero-order valence-corrected chi connectivity index (χ0v) is 12.2. The van der Waals surface area contributed by atoms with Gasteiger partial charge in [-0.15, -0.1) is 0 Å². The number of aromatic nitrogens is 1. The van der Waals surface area contributed by atoms with Gasteiger partial charge in [0, 0.05) is 6.07 Å². The summed E-state index contributed by atoms with van der Waals surface area (Å²) in [5, 5.41) is 16.5. The number of benzene rings is 2. The Morgan fingerprint density at radius 3 is 2.64 bits per heavy atom. The SMILES string of the molecule is C[C@@H](NC(=O)c1ccc[n+]([O-])c1)c1ccc2ccccc2c1. The topological polar surface area (TPSA) is 56.0 Å². The molecule has 3 aromatic rings. The number of carbonyl (C=O) groups excluding carboxylic acids is 1. The molecular formula is C18H16N2O2. The minimum absolute atomic E-state index is 0.141. The second-order valence-corrected chi connectivity index (χ2v) is 5.25. The van der Waals surface area contributed by atoms with Crippen LogP contribution in [-0.4, -0.2) is 5.91 Å². The summed E-state index contributed by atoms with van der Waals surface area (Å²) in [6.45, 7) is 1.93. The molecule has 0 radical (unpaired) electrons. The molecule has 3 rings (SSSR count). The van der Waals surface area contributed by atoms with Gasteiger partial charge in [-0.25, -0.2) is 0 Å². The quantitative estimate of drug-likeness (QED) is 0.596. The molecule has 0 aliphatic carbocycles. The molecule has 0 bridgehead atoms. The van der Waals surface area contributed by atoms with Gasteiger partial charge in [-0.2, -0.15) is 4.73 Å². The normalized spacial score (nSPS) is 12.0. The van der Waals surface area contributed by atoms with Crippen LogP contribution in [0.2, 0.25) is 0 Å². The molecule has 0 fully saturated rings. The highest BCUT2D eigenvalue weighted by Gasteiger charge is 2.13. The first-order chi connectivity index (χ1) is 10.6. The van der Waals surface area contributed by atoms with Crippen LogP contribution in [0.3, 0.4) is 0 Å². The van der Waals surface area contributed by atoms with Gasteiger partial charge in [0.25, 0.3) is 5.91 Å². The smallest absolute Gasteiger partial charge is 0.257 e. The highest BCUT2D eigenvalue weighted by atomic mass is 16.5. The number of hydrogen-bond donors (Lipinski definition) is 1. The minimum Gasteiger partial charge on any atom is -0.619 e. The van der Waals surface area contributed by atoms with Crippen LogP contribution in [0.15, 0.2) is 67.0 Å². The van der Waals surface area contributed by atoms with Gasteiger partial charge in [-0.05, 0) is 35.4 Å². The van der Waals surface area contributed by atoms with Crippen LogP contribution in [0.5, 0.6) is 0 Å². The first-order valence-corrected chi connectivity index (χ1v) is 7.12. The third kappa shape index (κ3) is 2.91. The highest BCUT2D eigenvalue weighted by Crippen LogP contribution is 2.20. The molecule has 0 saturated heterocycles. The van der Waals surface area contributed by atoms with Crippen molar-refractivity contribution in [3.63, 3.8) is 0 Å². The molecule has 1 amide bonds. The molecule has 1 heterocycles. The van der Waals surface area contributed by atoms with Crippen LogP contribution in [0.1, 0.15) is 28.9 Å². The van der Waals surface area contributed by atoms with Crippen LogP contribution in [0.25, 0.3) is 10.8 Å². The number of hydrogen-bond acceptors (Lipinski definition) is 2. The molecule has 0 unspecified atom stereocenters. The van der Waals surface area contributed by atoms with Crippen molar-refractivity contribution >= 4 is 16.7 Å². The molecule has 0 saturated carbocycles. The van der Waals surface area contributed by atoms with Crippen LogP contribution in [0, 0.1) is 5.21 Å². The summed E-state index contributed by atoms with van der Waals surface area (Å²) in [6, 6.07) is 17.3. The van der Waals surface area contributed by atoms with E-state index in [4.69, 9.17) is 0 Å². The van der Waals surface area contributed by atoms with E-state index in [0.29, 0.717) is 10.3 Å².